The van der Waals surface area contributed by atoms with E-state index < -0.39 is 0 Å². The summed E-state index contributed by atoms with van der Waals surface area (Å²) < 4.78 is 17.2. The summed E-state index contributed by atoms with van der Waals surface area (Å²) in [5.74, 6) is 2.54. The summed E-state index contributed by atoms with van der Waals surface area (Å²) in [6, 6.07) is 41.2. The highest BCUT2D eigenvalue weighted by Gasteiger charge is 2.18. The van der Waals surface area contributed by atoms with Gasteiger partial charge in [-0.3, -0.25) is 9.59 Å². The van der Waals surface area contributed by atoms with E-state index in [9.17, 15) is 9.59 Å². The minimum absolute atomic E-state index is 0.0756. The highest BCUT2D eigenvalue weighted by molar-refractivity contribution is 6.12. The van der Waals surface area contributed by atoms with Gasteiger partial charge in [0.15, 0.2) is 5.78 Å². The Hall–Kier alpha value is -6.15. The Morgan fingerprint density at radius 1 is 0.760 bits per heavy atom. The van der Waals surface area contributed by atoms with Gasteiger partial charge in [-0.05, 0) is 79.6 Å². The van der Waals surface area contributed by atoms with Crippen LogP contribution < -0.4 is 20.1 Å². The zero-order chi connectivity index (χ0) is 34.7. The zero-order valence-corrected chi connectivity index (χ0v) is 28.1. The number of rotatable bonds is 15. The Morgan fingerprint density at radius 3 is 2.14 bits per heavy atom. The normalized spacial score (nSPS) is 11.4. The van der Waals surface area contributed by atoms with E-state index in [0.29, 0.717) is 60.0 Å². The highest BCUT2D eigenvalue weighted by Crippen LogP contribution is 2.24. The van der Waals surface area contributed by atoms with Gasteiger partial charge in [0.1, 0.15) is 17.3 Å². The van der Waals surface area contributed by atoms with Gasteiger partial charge >= 0.3 is 0 Å². The first-order chi connectivity index (χ1) is 24.5. The van der Waals surface area contributed by atoms with Crippen LogP contribution in [-0.4, -0.2) is 43.0 Å². The number of oxazole rings is 1. The molecule has 0 spiro atoms. The average Bonchev–Trinajstić information content (AvgIpc) is 3.54. The van der Waals surface area contributed by atoms with Gasteiger partial charge in [-0.15, -0.1) is 0 Å². The second kappa shape index (κ2) is 16.3. The number of nitrogens with one attached hydrogen (secondary N) is 2. The second-order valence-electron chi connectivity index (χ2n) is 11.9. The van der Waals surface area contributed by atoms with Gasteiger partial charge in [-0.1, -0.05) is 72.8 Å². The molecule has 0 bridgehead atoms. The average molecular weight is 666 g/mol. The zero-order valence-electron chi connectivity index (χ0n) is 28.1. The molecular formula is C42H39N3O5. The molecule has 0 saturated carbocycles. The summed E-state index contributed by atoms with van der Waals surface area (Å²) in [7, 11) is 1.59. The quantitative estimate of drug-likeness (QED) is 0.107. The molecule has 1 amide bonds. The van der Waals surface area contributed by atoms with Crippen LogP contribution in [0.1, 0.15) is 43.3 Å². The third kappa shape index (κ3) is 8.65. The molecule has 1 atom stereocenters. The van der Waals surface area contributed by atoms with Crippen molar-refractivity contribution < 1.29 is 23.5 Å². The first-order valence-corrected chi connectivity index (χ1v) is 16.6. The maximum absolute atomic E-state index is 13.5. The van der Waals surface area contributed by atoms with Crippen LogP contribution in [0.5, 0.6) is 11.5 Å². The summed E-state index contributed by atoms with van der Waals surface area (Å²) in [6.45, 7) is 2.69. The monoisotopic (exact) mass is 665 g/mol. The number of aromatic nitrogens is 1. The summed E-state index contributed by atoms with van der Waals surface area (Å²) in [6.07, 6.45) is 1.20. The van der Waals surface area contributed by atoms with E-state index in [1.165, 1.54) is 0 Å². The molecule has 8 nitrogen and oxygen atoms in total. The van der Waals surface area contributed by atoms with Crippen LogP contribution in [0.15, 0.2) is 138 Å². The number of ether oxygens (including phenoxy) is 2. The van der Waals surface area contributed by atoms with Crippen molar-refractivity contribution >= 4 is 17.4 Å². The maximum Gasteiger partial charge on any atom is 0.251 e. The smallest absolute Gasteiger partial charge is 0.251 e. The van der Waals surface area contributed by atoms with E-state index in [1.807, 2.05) is 116 Å². The predicted octanol–water partition coefficient (Wildman–Crippen LogP) is 7.96. The lowest BCUT2D eigenvalue weighted by atomic mass is 10.00. The molecule has 0 fully saturated rings. The highest BCUT2D eigenvalue weighted by atomic mass is 16.5. The summed E-state index contributed by atoms with van der Waals surface area (Å²) >= 11 is 0. The van der Waals surface area contributed by atoms with E-state index in [0.717, 1.165) is 28.3 Å². The standard InChI is InChI=1S/C42H39N3O5/c1-29-38(45-42(50-29)33-13-7-4-8-14-33)25-26-49-36-21-17-30(18-22-36)27-34(28-43-41(47)32-19-23-35(48-2)24-20-32)44-39-16-10-9-15-37(39)40(46)31-11-5-3-6-12-31/h3-24,34,44H,25-28H2,1-2H3,(H,43,47)/t34-/m0/s1. The number of amides is 1. The van der Waals surface area contributed by atoms with E-state index in [1.54, 1.807) is 31.4 Å². The fourth-order valence-electron chi connectivity index (χ4n) is 5.64. The molecule has 1 aromatic heterocycles. The van der Waals surface area contributed by atoms with Crippen LogP contribution in [0.3, 0.4) is 0 Å². The Labute approximate surface area is 292 Å². The fraction of sp³-hybridized carbons (Fsp3) is 0.167. The molecule has 5 aromatic carbocycles. The molecule has 0 aliphatic rings. The third-order valence-corrected chi connectivity index (χ3v) is 8.35. The number of hydrogen-bond acceptors (Lipinski definition) is 7. The lowest BCUT2D eigenvalue weighted by molar-refractivity contribution is 0.0951. The number of hydrogen-bond donors (Lipinski definition) is 2. The minimum Gasteiger partial charge on any atom is -0.497 e. The topological polar surface area (TPSA) is 103 Å². The molecule has 6 rings (SSSR count). The van der Waals surface area contributed by atoms with Crippen molar-refractivity contribution in [3.8, 4) is 23.0 Å². The minimum atomic E-state index is -0.234. The van der Waals surface area contributed by atoms with Crippen molar-refractivity contribution in [2.24, 2.45) is 0 Å². The number of ketones is 1. The van der Waals surface area contributed by atoms with Gasteiger partial charge < -0.3 is 24.5 Å². The lowest BCUT2D eigenvalue weighted by Gasteiger charge is -2.22. The first kappa shape index (κ1) is 33.7. The van der Waals surface area contributed by atoms with Crippen molar-refractivity contribution in [1.82, 2.24) is 10.3 Å². The number of para-hydroxylation sites is 1. The molecule has 2 N–H and O–H groups in total. The van der Waals surface area contributed by atoms with Crippen LogP contribution in [0, 0.1) is 6.92 Å². The Bertz CT molecular complexity index is 2010. The number of anilines is 1. The second-order valence-corrected chi connectivity index (χ2v) is 11.9. The number of carbonyl (C=O) groups is 2. The first-order valence-electron chi connectivity index (χ1n) is 16.6. The third-order valence-electron chi connectivity index (χ3n) is 8.35. The van der Waals surface area contributed by atoms with Crippen molar-refractivity contribution in [3.63, 3.8) is 0 Å². The van der Waals surface area contributed by atoms with E-state index in [-0.39, 0.29) is 17.7 Å². The summed E-state index contributed by atoms with van der Waals surface area (Å²) in [5, 5.41) is 6.62. The van der Waals surface area contributed by atoms with Gasteiger partial charge in [0, 0.05) is 46.9 Å². The van der Waals surface area contributed by atoms with Crippen molar-refractivity contribution in [3.05, 3.63) is 167 Å². The Morgan fingerprint density at radius 2 is 1.42 bits per heavy atom. The van der Waals surface area contributed by atoms with Gasteiger partial charge in [0.05, 0.1) is 19.4 Å². The van der Waals surface area contributed by atoms with E-state index >= 15 is 0 Å². The molecule has 50 heavy (non-hydrogen) atoms. The van der Waals surface area contributed by atoms with Crippen LogP contribution >= 0.6 is 0 Å². The molecular weight excluding hydrogens is 626 g/mol. The number of methoxy groups -OCH3 is 1. The number of carbonyl (C=O) groups excluding carboxylic acids is 2. The summed E-state index contributed by atoms with van der Waals surface area (Å²) in [5.41, 5.74) is 5.26. The number of benzene rings is 5. The van der Waals surface area contributed by atoms with Crippen molar-refractivity contribution in [2.75, 3.05) is 25.6 Å². The number of aryl methyl sites for hydroxylation is 1. The molecule has 252 valence electrons. The van der Waals surface area contributed by atoms with Crippen LogP contribution in [0.2, 0.25) is 0 Å². The molecule has 8 heteroatoms. The van der Waals surface area contributed by atoms with Gasteiger partial charge in [0.25, 0.3) is 5.91 Å². The fourth-order valence-corrected chi connectivity index (χ4v) is 5.64. The largest absolute Gasteiger partial charge is 0.497 e. The van der Waals surface area contributed by atoms with Crippen molar-refractivity contribution in [2.45, 2.75) is 25.8 Å². The molecule has 0 aliphatic carbocycles. The lowest BCUT2D eigenvalue weighted by Crippen LogP contribution is -2.38. The van der Waals surface area contributed by atoms with Crippen LogP contribution in [0.4, 0.5) is 5.69 Å². The van der Waals surface area contributed by atoms with Gasteiger partial charge in [-0.2, -0.15) is 0 Å². The van der Waals surface area contributed by atoms with Crippen molar-refractivity contribution in [1.29, 1.82) is 0 Å². The van der Waals surface area contributed by atoms with Gasteiger partial charge in [0.2, 0.25) is 5.89 Å². The molecule has 0 radical (unpaired) electrons. The SMILES string of the molecule is COc1ccc(C(=O)NC[C@H](Cc2ccc(OCCc3nc(-c4ccccc4)oc3C)cc2)Nc2ccccc2C(=O)c2ccccc2)cc1. The molecule has 1 heterocycles. The maximum atomic E-state index is 13.5. The summed E-state index contributed by atoms with van der Waals surface area (Å²) in [4.78, 5) is 31.2. The van der Waals surface area contributed by atoms with Gasteiger partial charge in [-0.25, -0.2) is 4.98 Å². The number of nitrogens with zero attached hydrogens (tertiary/aromatic N) is 1. The van der Waals surface area contributed by atoms with E-state index in [4.69, 9.17) is 13.9 Å². The Kier molecular flexibility index (Phi) is 11.0. The van der Waals surface area contributed by atoms with Crippen LogP contribution in [0.25, 0.3) is 11.5 Å². The van der Waals surface area contributed by atoms with Crippen LogP contribution in [-0.2, 0) is 12.8 Å². The van der Waals surface area contributed by atoms with E-state index in [2.05, 4.69) is 15.6 Å². The Balaban J connectivity index is 1.13. The predicted molar refractivity (Wildman–Crippen MR) is 195 cm³/mol. The molecule has 0 aliphatic heterocycles. The molecule has 6 aromatic rings. The molecule has 0 saturated heterocycles. The molecule has 0 unspecified atom stereocenters.